The van der Waals surface area contributed by atoms with E-state index in [1.54, 1.807) is 36.5 Å². The molecule has 0 aliphatic rings. The molecule has 4 nitrogen and oxygen atoms in total. The fraction of sp³-hybridized carbons (Fsp3) is 0.231. The van der Waals surface area contributed by atoms with E-state index in [1.807, 2.05) is 6.92 Å². The fourth-order valence-corrected chi connectivity index (χ4v) is 1.79. The van der Waals surface area contributed by atoms with E-state index in [9.17, 15) is 4.79 Å². The summed E-state index contributed by atoms with van der Waals surface area (Å²) in [5.74, 6) is 0.560. The van der Waals surface area contributed by atoms with Gasteiger partial charge in [0.25, 0.3) is 0 Å². The molecule has 0 bridgehead atoms. The monoisotopic (exact) mass is 264 g/mol. The van der Waals surface area contributed by atoms with Crippen LogP contribution in [0, 0.1) is 0 Å². The van der Waals surface area contributed by atoms with Gasteiger partial charge in [-0.05, 0) is 37.3 Å². The largest absolute Gasteiger partial charge is 0.484 e. The smallest absolute Gasteiger partial charge is 0.244 e. The summed E-state index contributed by atoms with van der Waals surface area (Å²) < 4.78 is 7.07. The standard InChI is InChI=1S/C13H13ClN2O2/c1-9(13-7-8-15-16(13)10(2)17)18-12-5-3-11(14)4-6-12/h3-9H,1-2H3/t9-/m0/s1. The van der Waals surface area contributed by atoms with Gasteiger partial charge in [0.2, 0.25) is 5.91 Å². The van der Waals surface area contributed by atoms with Crippen LogP contribution in [-0.2, 0) is 0 Å². The number of carbonyl (C=O) groups is 1. The summed E-state index contributed by atoms with van der Waals surface area (Å²) in [5.41, 5.74) is 0.720. The molecular weight excluding hydrogens is 252 g/mol. The molecule has 2 aromatic rings. The van der Waals surface area contributed by atoms with Gasteiger partial charge < -0.3 is 4.74 Å². The Hall–Kier alpha value is -1.81. The predicted molar refractivity (Wildman–Crippen MR) is 69.0 cm³/mol. The maximum atomic E-state index is 11.4. The zero-order valence-corrected chi connectivity index (χ0v) is 10.9. The molecule has 0 saturated heterocycles. The molecule has 1 atom stereocenters. The summed E-state index contributed by atoms with van der Waals surface area (Å²) in [6.07, 6.45) is 1.32. The van der Waals surface area contributed by atoms with E-state index in [2.05, 4.69) is 5.10 Å². The van der Waals surface area contributed by atoms with Crippen molar-refractivity contribution in [3.05, 3.63) is 47.2 Å². The average molecular weight is 265 g/mol. The normalized spacial score (nSPS) is 12.2. The van der Waals surface area contributed by atoms with Gasteiger partial charge in [-0.2, -0.15) is 5.10 Å². The molecule has 94 valence electrons. The van der Waals surface area contributed by atoms with Gasteiger partial charge in [-0.1, -0.05) is 11.6 Å². The lowest BCUT2D eigenvalue weighted by molar-refractivity contribution is 0.0904. The summed E-state index contributed by atoms with van der Waals surface area (Å²) in [6.45, 7) is 3.33. The third kappa shape index (κ3) is 2.71. The van der Waals surface area contributed by atoms with Crippen LogP contribution in [0.5, 0.6) is 5.75 Å². The van der Waals surface area contributed by atoms with E-state index < -0.39 is 0 Å². The van der Waals surface area contributed by atoms with Gasteiger partial charge in [0.1, 0.15) is 11.9 Å². The Balaban J connectivity index is 2.16. The van der Waals surface area contributed by atoms with Gasteiger partial charge in [-0.3, -0.25) is 4.79 Å². The van der Waals surface area contributed by atoms with E-state index in [0.29, 0.717) is 10.8 Å². The van der Waals surface area contributed by atoms with E-state index in [1.165, 1.54) is 11.6 Å². The molecule has 1 heterocycles. The van der Waals surface area contributed by atoms with Gasteiger partial charge in [0, 0.05) is 18.1 Å². The van der Waals surface area contributed by atoms with Crippen molar-refractivity contribution in [2.45, 2.75) is 20.0 Å². The number of carbonyl (C=O) groups excluding carboxylic acids is 1. The molecule has 0 radical (unpaired) electrons. The topological polar surface area (TPSA) is 44.1 Å². The molecule has 18 heavy (non-hydrogen) atoms. The highest BCUT2D eigenvalue weighted by Gasteiger charge is 2.15. The minimum Gasteiger partial charge on any atom is -0.484 e. The van der Waals surface area contributed by atoms with Crippen molar-refractivity contribution >= 4 is 17.5 Å². The summed E-state index contributed by atoms with van der Waals surface area (Å²) in [7, 11) is 0. The van der Waals surface area contributed by atoms with E-state index >= 15 is 0 Å². The van der Waals surface area contributed by atoms with Crippen molar-refractivity contribution in [1.29, 1.82) is 0 Å². The second-order valence-electron chi connectivity index (χ2n) is 3.90. The van der Waals surface area contributed by atoms with Crippen molar-refractivity contribution in [2.24, 2.45) is 0 Å². The van der Waals surface area contributed by atoms with Crippen LogP contribution in [0.3, 0.4) is 0 Å². The molecule has 0 aliphatic carbocycles. The van der Waals surface area contributed by atoms with Crippen LogP contribution < -0.4 is 4.74 Å². The summed E-state index contributed by atoms with van der Waals surface area (Å²) >= 11 is 5.80. The first-order valence-electron chi connectivity index (χ1n) is 5.55. The molecule has 0 amide bonds. The van der Waals surface area contributed by atoms with Crippen molar-refractivity contribution in [1.82, 2.24) is 9.78 Å². The molecule has 1 aromatic heterocycles. The SMILES string of the molecule is CC(=O)n1nccc1[C@H](C)Oc1ccc(Cl)cc1. The molecule has 0 unspecified atom stereocenters. The minimum absolute atomic E-state index is 0.137. The highest BCUT2D eigenvalue weighted by Crippen LogP contribution is 2.22. The Kier molecular flexibility index (Phi) is 3.67. The molecule has 0 saturated carbocycles. The number of aromatic nitrogens is 2. The predicted octanol–water partition coefficient (Wildman–Crippen LogP) is 3.34. The van der Waals surface area contributed by atoms with Crippen LogP contribution in [-0.4, -0.2) is 15.7 Å². The molecule has 0 N–H and O–H groups in total. The number of hydrogen-bond acceptors (Lipinski definition) is 3. The fourth-order valence-electron chi connectivity index (χ4n) is 1.66. The second-order valence-corrected chi connectivity index (χ2v) is 4.34. The van der Waals surface area contributed by atoms with Crippen LogP contribution in [0.1, 0.15) is 30.4 Å². The number of hydrogen-bond donors (Lipinski definition) is 0. The maximum Gasteiger partial charge on any atom is 0.244 e. The second kappa shape index (κ2) is 5.23. The number of nitrogens with zero attached hydrogens (tertiary/aromatic N) is 2. The van der Waals surface area contributed by atoms with Gasteiger partial charge in [0.05, 0.1) is 5.69 Å². The van der Waals surface area contributed by atoms with Crippen molar-refractivity contribution in [3.8, 4) is 5.75 Å². The molecule has 5 heteroatoms. The van der Waals surface area contributed by atoms with Crippen LogP contribution >= 0.6 is 11.6 Å². The number of halogens is 1. The quantitative estimate of drug-likeness (QED) is 0.854. The van der Waals surface area contributed by atoms with E-state index in [-0.39, 0.29) is 12.0 Å². The summed E-state index contributed by atoms with van der Waals surface area (Å²) in [6, 6.07) is 8.85. The molecule has 1 aromatic carbocycles. The molecule has 0 fully saturated rings. The zero-order valence-electron chi connectivity index (χ0n) is 10.1. The molecule has 0 aliphatic heterocycles. The van der Waals surface area contributed by atoms with Gasteiger partial charge in [0.15, 0.2) is 0 Å². The Morgan fingerprint density at radius 1 is 1.33 bits per heavy atom. The lowest BCUT2D eigenvalue weighted by atomic mass is 10.2. The van der Waals surface area contributed by atoms with Crippen molar-refractivity contribution in [3.63, 3.8) is 0 Å². The van der Waals surface area contributed by atoms with E-state index in [4.69, 9.17) is 16.3 Å². The zero-order chi connectivity index (χ0) is 13.1. The average Bonchev–Trinajstić information content (AvgIpc) is 2.81. The molecule has 2 rings (SSSR count). The number of rotatable bonds is 3. The third-order valence-corrected chi connectivity index (χ3v) is 2.77. The minimum atomic E-state index is -0.266. The van der Waals surface area contributed by atoms with Crippen LogP contribution in [0.2, 0.25) is 5.02 Å². The first-order valence-corrected chi connectivity index (χ1v) is 5.93. The summed E-state index contributed by atoms with van der Waals surface area (Å²) in [5, 5.41) is 4.61. The Bertz CT molecular complexity index is 548. The molecule has 0 spiro atoms. The summed E-state index contributed by atoms with van der Waals surface area (Å²) in [4.78, 5) is 11.4. The van der Waals surface area contributed by atoms with E-state index in [0.717, 1.165) is 5.69 Å². The van der Waals surface area contributed by atoms with Crippen LogP contribution in [0.15, 0.2) is 36.5 Å². The van der Waals surface area contributed by atoms with Crippen LogP contribution in [0.25, 0.3) is 0 Å². The lowest BCUT2D eigenvalue weighted by Gasteiger charge is -2.15. The van der Waals surface area contributed by atoms with Crippen molar-refractivity contribution < 1.29 is 9.53 Å². The Morgan fingerprint density at radius 2 is 2.00 bits per heavy atom. The first kappa shape index (κ1) is 12.6. The molecular formula is C13H13ClN2O2. The maximum absolute atomic E-state index is 11.4. The van der Waals surface area contributed by atoms with Crippen molar-refractivity contribution in [2.75, 3.05) is 0 Å². The Morgan fingerprint density at radius 3 is 2.61 bits per heavy atom. The Labute approximate surface area is 110 Å². The third-order valence-electron chi connectivity index (χ3n) is 2.51. The number of ether oxygens (including phenoxy) is 1. The number of benzene rings is 1. The highest BCUT2D eigenvalue weighted by molar-refractivity contribution is 6.30. The van der Waals surface area contributed by atoms with Gasteiger partial charge in [-0.15, -0.1) is 0 Å². The highest BCUT2D eigenvalue weighted by atomic mass is 35.5. The van der Waals surface area contributed by atoms with Crippen LogP contribution in [0.4, 0.5) is 0 Å². The van der Waals surface area contributed by atoms with Gasteiger partial charge in [-0.25, -0.2) is 4.68 Å². The first-order chi connectivity index (χ1) is 8.58. The lowest BCUT2D eigenvalue weighted by Crippen LogP contribution is -2.16. The van der Waals surface area contributed by atoms with Gasteiger partial charge >= 0.3 is 0 Å².